The van der Waals surface area contributed by atoms with Crippen molar-refractivity contribution in [2.75, 3.05) is 33.9 Å². The highest BCUT2D eigenvalue weighted by molar-refractivity contribution is 7.15. The molecule has 0 bridgehead atoms. The van der Waals surface area contributed by atoms with Crippen LogP contribution in [-0.4, -0.2) is 43.9 Å². The largest absolute Gasteiger partial charge is 0.493 e. The highest BCUT2D eigenvalue weighted by Crippen LogP contribution is 2.35. The third-order valence-corrected chi connectivity index (χ3v) is 5.69. The van der Waals surface area contributed by atoms with Gasteiger partial charge in [0.05, 0.1) is 14.2 Å². The molecule has 2 heterocycles. The zero-order chi connectivity index (χ0) is 16.9. The number of likely N-dealkylation sites (tertiary alicyclic amines) is 1. The lowest BCUT2D eigenvalue weighted by molar-refractivity contribution is 0.116. The van der Waals surface area contributed by atoms with Crippen LogP contribution in [0.1, 0.15) is 17.7 Å². The third-order valence-electron chi connectivity index (χ3n) is 4.57. The van der Waals surface area contributed by atoms with Gasteiger partial charge >= 0.3 is 0 Å². The molecule has 1 saturated heterocycles. The van der Waals surface area contributed by atoms with Crippen LogP contribution >= 0.6 is 11.3 Å². The van der Waals surface area contributed by atoms with Crippen LogP contribution in [0.15, 0.2) is 30.3 Å². The highest BCUT2D eigenvalue weighted by atomic mass is 32.1. The lowest BCUT2D eigenvalue weighted by Gasteiger charge is -2.31. The van der Waals surface area contributed by atoms with Gasteiger partial charge in [0.15, 0.2) is 11.5 Å². The summed E-state index contributed by atoms with van der Waals surface area (Å²) in [6.07, 6.45) is 2.33. The summed E-state index contributed by atoms with van der Waals surface area (Å²) in [6, 6.07) is 10.4. The van der Waals surface area contributed by atoms with Gasteiger partial charge < -0.3 is 14.6 Å². The van der Waals surface area contributed by atoms with Crippen LogP contribution in [0.5, 0.6) is 11.5 Å². The molecule has 0 saturated carbocycles. The SMILES string of the molecule is COc1ccc(-c2ccc(CN3CCCC(CO)C3)s2)cc1OC. The van der Waals surface area contributed by atoms with E-state index < -0.39 is 0 Å². The Morgan fingerprint density at radius 3 is 2.75 bits per heavy atom. The van der Waals surface area contributed by atoms with E-state index in [0.29, 0.717) is 12.5 Å². The molecule has 1 unspecified atom stereocenters. The molecule has 130 valence electrons. The smallest absolute Gasteiger partial charge is 0.161 e. The van der Waals surface area contributed by atoms with E-state index in [2.05, 4.69) is 23.1 Å². The number of hydrogen-bond acceptors (Lipinski definition) is 5. The first kappa shape index (κ1) is 17.3. The summed E-state index contributed by atoms with van der Waals surface area (Å²) in [5.74, 6) is 1.94. The van der Waals surface area contributed by atoms with Crippen molar-refractivity contribution in [3.63, 3.8) is 0 Å². The number of ether oxygens (including phenoxy) is 2. The van der Waals surface area contributed by atoms with Gasteiger partial charge in [-0.15, -0.1) is 11.3 Å². The molecule has 1 aromatic carbocycles. The molecular formula is C19H25NO3S. The van der Waals surface area contributed by atoms with Crippen LogP contribution < -0.4 is 9.47 Å². The molecule has 24 heavy (non-hydrogen) atoms. The molecule has 1 atom stereocenters. The highest BCUT2D eigenvalue weighted by Gasteiger charge is 2.19. The van der Waals surface area contributed by atoms with E-state index in [9.17, 15) is 5.11 Å². The molecule has 0 spiro atoms. The van der Waals surface area contributed by atoms with Crippen LogP contribution in [0.25, 0.3) is 10.4 Å². The van der Waals surface area contributed by atoms with Gasteiger partial charge in [0.2, 0.25) is 0 Å². The van der Waals surface area contributed by atoms with Gasteiger partial charge in [-0.3, -0.25) is 4.90 Å². The summed E-state index contributed by atoms with van der Waals surface area (Å²) in [5.41, 5.74) is 1.15. The van der Waals surface area contributed by atoms with Crippen LogP contribution in [0, 0.1) is 5.92 Å². The Labute approximate surface area is 147 Å². The van der Waals surface area contributed by atoms with Gasteiger partial charge in [0.25, 0.3) is 0 Å². The van der Waals surface area contributed by atoms with Crippen molar-refractivity contribution in [1.82, 2.24) is 4.90 Å². The minimum absolute atomic E-state index is 0.303. The Bertz CT molecular complexity index is 670. The van der Waals surface area contributed by atoms with Gasteiger partial charge in [0.1, 0.15) is 0 Å². The van der Waals surface area contributed by atoms with Crippen molar-refractivity contribution in [3.8, 4) is 21.9 Å². The molecule has 1 aliphatic heterocycles. The fourth-order valence-corrected chi connectivity index (χ4v) is 4.32. The first-order valence-corrected chi connectivity index (χ1v) is 9.19. The molecular weight excluding hydrogens is 322 g/mol. The van der Waals surface area contributed by atoms with Crippen molar-refractivity contribution >= 4 is 11.3 Å². The van der Waals surface area contributed by atoms with E-state index in [-0.39, 0.29) is 0 Å². The number of aliphatic hydroxyl groups excluding tert-OH is 1. The van der Waals surface area contributed by atoms with Crippen molar-refractivity contribution in [2.24, 2.45) is 5.92 Å². The molecule has 3 rings (SSSR count). The third kappa shape index (κ3) is 3.91. The zero-order valence-corrected chi connectivity index (χ0v) is 15.1. The van der Waals surface area contributed by atoms with Crippen molar-refractivity contribution < 1.29 is 14.6 Å². The molecule has 0 radical (unpaired) electrons. The molecule has 1 aromatic heterocycles. The fraction of sp³-hybridized carbons (Fsp3) is 0.474. The Morgan fingerprint density at radius 1 is 1.17 bits per heavy atom. The minimum Gasteiger partial charge on any atom is -0.493 e. The van der Waals surface area contributed by atoms with Gasteiger partial charge in [-0.05, 0) is 61.2 Å². The molecule has 0 aliphatic carbocycles. The first-order chi connectivity index (χ1) is 11.7. The number of aliphatic hydroxyl groups is 1. The monoisotopic (exact) mass is 347 g/mol. The van der Waals surface area contributed by atoms with Crippen molar-refractivity contribution in [3.05, 3.63) is 35.2 Å². The fourth-order valence-electron chi connectivity index (χ4n) is 3.27. The summed E-state index contributed by atoms with van der Waals surface area (Å²) in [5, 5.41) is 9.37. The quantitative estimate of drug-likeness (QED) is 0.866. The predicted molar refractivity (Wildman–Crippen MR) is 97.9 cm³/mol. The van der Waals surface area contributed by atoms with Crippen LogP contribution in [0.3, 0.4) is 0 Å². The lowest BCUT2D eigenvalue weighted by Crippen LogP contribution is -2.36. The first-order valence-electron chi connectivity index (χ1n) is 8.37. The van der Waals surface area contributed by atoms with E-state index in [4.69, 9.17) is 9.47 Å². The predicted octanol–water partition coefficient (Wildman–Crippen LogP) is 3.64. The summed E-state index contributed by atoms with van der Waals surface area (Å²) in [4.78, 5) is 5.05. The van der Waals surface area contributed by atoms with Crippen molar-refractivity contribution in [1.29, 1.82) is 0 Å². The average molecular weight is 347 g/mol. The van der Waals surface area contributed by atoms with Gasteiger partial charge in [-0.1, -0.05) is 0 Å². The van der Waals surface area contributed by atoms with Crippen molar-refractivity contribution in [2.45, 2.75) is 19.4 Å². The number of nitrogens with zero attached hydrogens (tertiary/aromatic N) is 1. The normalized spacial score (nSPS) is 18.5. The maximum atomic E-state index is 9.37. The topological polar surface area (TPSA) is 41.9 Å². The molecule has 2 aromatic rings. The maximum Gasteiger partial charge on any atom is 0.161 e. The maximum absolute atomic E-state index is 9.37. The Kier molecular flexibility index (Phi) is 5.76. The summed E-state index contributed by atoms with van der Waals surface area (Å²) < 4.78 is 10.7. The molecule has 0 amide bonds. The zero-order valence-electron chi connectivity index (χ0n) is 14.3. The summed E-state index contributed by atoms with van der Waals surface area (Å²) in [6.45, 7) is 3.40. The second-order valence-electron chi connectivity index (χ2n) is 6.26. The van der Waals surface area contributed by atoms with Crippen LogP contribution in [0.2, 0.25) is 0 Å². The van der Waals surface area contributed by atoms with Crippen LogP contribution in [-0.2, 0) is 6.54 Å². The number of benzene rings is 1. The van der Waals surface area contributed by atoms with Crippen LogP contribution in [0.4, 0.5) is 0 Å². The van der Waals surface area contributed by atoms with E-state index in [1.54, 1.807) is 14.2 Å². The summed E-state index contributed by atoms with van der Waals surface area (Å²) in [7, 11) is 3.31. The number of rotatable bonds is 6. The number of methoxy groups -OCH3 is 2. The number of hydrogen-bond donors (Lipinski definition) is 1. The Balaban J connectivity index is 1.71. The molecule has 1 aliphatic rings. The van der Waals surface area contributed by atoms with E-state index in [0.717, 1.165) is 43.1 Å². The molecule has 1 N–H and O–H groups in total. The second kappa shape index (κ2) is 8.01. The Hall–Kier alpha value is -1.56. The van der Waals surface area contributed by atoms with Gasteiger partial charge in [-0.25, -0.2) is 0 Å². The van der Waals surface area contributed by atoms with E-state index in [1.807, 2.05) is 23.5 Å². The van der Waals surface area contributed by atoms with Gasteiger partial charge in [0, 0.05) is 29.5 Å². The molecule has 5 heteroatoms. The molecule has 1 fully saturated rings. The van der Waals surface area contributed by atoms with E-state index in [1.165, 1.54) is 16.2 Å². The lowest BCUT2D eigenvalue weighted by atomic mass is 9.99. The number of thiophene rings is 1. The van der Waals surface area contributed by atoms with E-state index >= 15 is 0 Å². The standard InChI is InChI=1S/C19H25NO3S/c1-22-17-7-5-15(10-18(17)23-2)19-8-6-16(24-19)12-20-9-3-4-14(11-20)13-21/h5-8,10,14,21H,3-4,9,11-13H2,1-2H3. The average Bonchev–Trinajstić information content (AvgIpc) is 3.09. The Morgan fingerprint density at radius 2 is 2.00 bits per heavy atom. The van der Waals surface area contributed by atoms with Gasteiger partial charge in [-0.2, -0.15) is 0 Å². The second-order valence-corrected chi connectivity index (χ2v) is 7.43. The molecule has 4 nitrogen and oxygen atoms in total. The summed E-state index contributed by atoms with van der Waals surface area (Å²) >= 11 is 1.82. The minimum atomic E-state index is 0.303. The number of piperidine rings is 1.